The number of guanidine groups is 1. The van der Waals surface area contributed by atoms with Crippen LogP contribution >= 0.6 is 0 Å². The zero-order chi connectivity index (χ0) is 17.3. The average Bonchev–Trinajstić information content (AvgIpc) is 2.53. The molecule has 0 heterocycles. The van der Waals surface area contributed by atoms with Gasteiger partial charge in [-0.3, -0.25) is 0 Å². The lowest BCUT2D eigenvalue weighted by Crippen LogP contribution is -2.21. The summed E-state index contributed by atoms with van der Waals surface area (Å²) in [6.45, 7) is 0. The number of aliphatic imine (C=N–C) groups is 1. The molecule has 0 aromatic heterocycles. The quantitative estimate of drug-likeness (QED) is 0.335. The highest BCUT2D eigenvalue weighted by molar-refractivity contribution is 6.04. The van der Waals surface area contributed by atoms with Gasteiger partial charge in [-0.25, -0.2) is 9.79 Å². The molecule has 0 bridgehead atoms. The van der Waals surface area contributed by atoms with Gasteiger partial charge in [-0.05, 0) is 52.2 Å². The van der Waals surface area contributed by atoms with Gasteiger partial charge in [0, 0.05) is 5.69 Å². The SMILES string of the molecule is NC(N)=Nc1ccc(C(=O)O)c(-c2cccc3cc(N)ccc23)c1. The van der Waals surface area contributed by atoms with E-state index in [1.54, 1.807) is 18.2 Å². The number of carbonyl (C=O) groups is 1. The van der Waals surface area contributed by atoms with E-state index in [0.29, 0.717) is 16.9 Å². The molecular weight excluding hydrogens is 304 g/mol. The van der Waals surface area contributed by atoms with E-state index >= 15 is 0 Å². The van der Waals surface area contributed by atoms with Crippen LogP contribution < -0.4 is 17.2 Å². The molecule has 0 radical (unpaired) electrons. The van der Waals surface area contributed by atoms with Gasteiger partial charge in [-0.1, -0.05) is 24.3 Å². The fourth-order valence-corrected chi connectivity index (χ4v) is 2.70. The smallest absolute Gasteiger partial charge is 0.336 e. The molecule has 3 rings (SSSR count). The highest BCUT2D eigenvalue weighted by Crippen LogP contribution is 2.34. The van der Waals surface area contributed by atoms with Crippen LogP contribution in [0.2, 0.25) is 0 Å². The van der Waals surface area contributed by atoms with Crippen LogP contribution in [0, 0.1) is 0 Å². The third kappa shape index (κ3) is 2.85. The van der Waals surface area contributed by atoms with Gasteiger partial charge in [0.25, 0.3) is 0 Å². The normalized spacial score (nSPS) is 10.5. The van der Waals surface area contributed by atoms with Crippen LogP contribution in [0.25, 0.3) is 21.9 Å². The van der Waals surface area contributed by atoms with Crippen LogP contribution in [0.4, 0.5) is 11.4 Å². The summed E-state index contributed by atoms with van der Waals surface area (Å²) in [7, 11) is 0. The van der Waals surface area contributed by atoms with E-state index in [4.69, 9.17) is 17.2 Å². The zero-order valence-electron chi connectivity index (χ0n) is 12.7. The summed E-state index contributed by atoms with van der Waals surface area (Å²) in [6, 6.07) is 15.9. The summed E-state index contributed by atoms with van der Waals surface area (Å²) in [5, 5.41) is 11.3. The van der Waals surface area contributed by atoms with Crippen molar-refractivity contribution in [2.75, 3.05) is 5.73 Å². The minimum absolute atomic E-state index is 0.0882. The molecule has 0 aliphatic heterocycles. The van der Waals surface area contributed by atoms with Gasteiger partial charge in [0.15, 0.2) is 5.96 Å². The molecule has 0 fully saturated rings. The average molecular weight is 320 g/mol. The second-order valence-corrected chi connectivity index (χ2v) is 5.36. The molecule has 0 saturated heterocycles. The first-order valence-corrected chi connectivity index (χ1v) is 7.21. The number of carboxylic acids is 1. The number of hydrogen-bond donors (Lipinski definition) is 4. The number of fused-ring (bicyclic) bond motifs is 1. The van der Waals surface area contributed by atoms with Gasteiger partial charge in [0.05, 0.1) is 11.3 Å². The Morgan fingerprint density at radius 1 is 0.958 bits per heavy atom. The maximum Gasteiger partial charge on any atom is 0.336 e. The summed E-state index contributed by atoms with van der Waals surface area (Å²) >= 11 is 0. The lowest BCUT2D eigenvalue weighted by Gasteiger charge is -2.11. The molecule has 24 heavy (non-hydrogen) atoms. The standard InChI is InChI=1S/C18H16N4O2/c19-11-4-6-13-10(8-11)2-1-3-14(13)16-9-12(22-18(20)21)5-7-15(16)17(23)24/h1-9H,19H2,(H,23,24)(H4,20,21,22). The third-order valence-electron chi connectivity index (χ3n) is 3.69. The molecule has 120 valence electrons. The molecule has 7 N–H and O–H groups in total. The van der Waals surface area contributed by atoms with E-state index in [2.05, 4.69) is 4.99 Å². The Balaban J connectivity index is 2.32. The van der Waals surface area contributed by atoms with E-state index < -0.39 is 5.97 Å². The van der Waals surface area contributed by atoms with Crippen LogP contribution in [-0.2, 0) is 0 Å². The van der Waals surface area contributed by atoms with Crippen molar-refractivity contribution in [2.45, 2.75) is 0 Å². The molecule has 0 saturated carbocycles. The molecule has 0 spiro atoms. The molecular formula is C18H16N4O2. The molecule has 0 unspecified atom stereocenters. The Morgan fingerprint density at radius 3 is 2.46 bits per heavy atom. The van der Waals surface area contributed by atoms with Crippen molar-refractivity contribution in [3.8, 4) is 11.1 Å². The highest BCUT2D eigenvalue weighted by atomic mass is 16.4. The summed E-state index contributed by atoms with van der Waals surface area (Å²) in [5.41, 5.74) is 19.3. The minimum atomic E-state index is -1.02. The van der Waals surface area contributed by atoms with Crippen LogP contribution in [0.3, 0.4) is 0 Å². The predicted molar refractivity (Wildman–Crippen MR) is 96.2 cm³/mol. The second kappa shape index (κ2) is 5.92. The van der Waals surface area contributed by atoms with Crippen molar-refractivity contribution in [1.29, 1.82) is 0 Å². The van der Waals surface area contributed by atoms with E-state index in [1.165, 1.54) is 6.07 Å². The van der Waals surface area contributed by atoms with Crippen LogP contribution in [-0.4, -0.2) is 17.0 Å². The molecule has 3 aromatic rings. The van der Waals surface area contributed by atoms with E-state index in [0.717, 1.165) is 16.3 Å². The number of nitrogen functional groups attached to an aromatic ring is 1. The molecule has 3 aromatic carbocycles. The third-order valence-corrected chi connectivity index (χ3v) is 3.69. The van der Waals surface area contributed by atoms with E-state index in [9.17, 15) is 9.90 Å². The fraction of sp³-hybridized carbons (Fsp3) is 0. The number of nitrogens with zero attached hydrogens (tertiary/aromatic N) is 1. The van der Waals surface area contributed by atoms with Crippen molar-refractivity contribution in [2.24, 2.45) is 16.5 Å². The van der Waals surface area contributed by atoms with E-state index in [1.807, 2.05) is 30.3 Å². The first-order chi connectivity index (χ1) is 11.5. The van der Waals surface area contributed by atoms with Crippen LogP contribution in [0.15, 0.2) is 59.6 Å². The van der Waals surface area contributed by atoms with Crippen molar-refractivity contribution < 1.29 is 9.90 Å². The fourth-order valence-electron chi connectivity index (χ4n) is 2.70. The van der Waals surface area contributed by atoms with Gasteiger partial charge in [0.2, 0.25) is 0 Å². The number of anilines is 1. The number of carboxylic acid groups (broad SMARTS) is 1. The Labute approximate surface area is 138 Å². The Bertz CT molecular complexity index is 976. The van der Waals surface area contributed by atoms with Gasteiger partial charge in [-0.15, -0.1) is 0 Å². The molecule has 6 nitrogen and oxygen atoms in total. The maximum atomic E-state index is 11.6. The Kier molecular flexibility index (Phi) is 3.79. The van der Waals surface area contributed by atoms with E-state index in [-0.39, 0.29) is 11.5 Å². The maximum absolute atomic E-state index is 11.6. The molecule has 0 aliphatic carbocycles. The van der Waals surface area contributed by atoms with Crippen molar-refractivity contribution in [3.63, 3.8) is 0 Å². The van der Waals surface area contributed by atoms with Crippen molar-refractivity contribution in [1.82, 2.24) is 0 Å². The van der Waals surface area contributed by atoms with Crippen LogP contribution in [0.5, 0.6) is 0 Å². The van der Waals surface area contributed by atoms with Crippen molar-refractivity contribution in [3.05, 3.63) is 60.2 Å². The number of aromatic carboxylic acids is 1. The lowest BCUT2D eigenvalue weighted by atomic mass is 9.94. The lowest BCUT2D eigenvalue weighted by molar-refractivity contribution is 0.0698. The Hall–Kier alpha value is -3.54. The zero-order valence-corrected chi connectivity index (χ0v) is 12.7. The van der Waals surface area contributed by atoms with Gasteiger partial charge in [-0.2, -0.15) is 0 Å². The monoisotopic (exact) mass is 320 g/mol. The first kappa shape index (κ1) is 15.4. The molecule has 0 aliphatic rings. The van der Waals surface area contributed by atoms with Gasteiger partial charge < -0.3 is 22.3 Å². The predicted octanol–water partition coefficient (Wildman–Crippen LogP) is 2.69. The number of nitrogens with two attached hydrogens (primary N) is 3. The largest absolute Gasteiger partial charge is 0.478 e. The highest BCUT2D eigenvalue weighted by Gasteiger charge is 2.14. The van der Waals surface area contributed by atoms with Crippen LogP contribution in [0.1, 0.15) is 10.4 Å². The van der Waals surface area contributed by atoms with Crippen molar-refractivity contribution >= 4 is 34.1 Å². The first-order valence-electron chi connectivity index (χ1n) is 7.21. The topological polar surface area (TPSA) is 128 Å². The minimum Gasteiger partial charge on any atom is -0.478 e. The number of benzene rings is 3. The summed E-state index contributed by atoms with van der Waals surface area (Å²) < 4.78 is 0. The molecule has 6 heteroatoms. The number of hydrogen-bond acceptors (Lipinski definition) is 3. The summed E-state index contributed by atoms with van der Waals surface area (Å²) in [4.78, 5) is 15.6. The number of rotatable bonds is 3. The Morgan fingerprint density at radius 2 is 1.75 bits per heavy atom. The summed E-state index contributed by atoms with van der Waals surface area (Å²) in [6.07, 6.45) is 0. The second-order valence-electron chi connectivity index (χ2n) is 5.36. The summed E-state index contributed by atoms with van der Waals surface area (Å²) in [5.74, 6) is -1.11. The molecule has 0 amide bonds. The van der Waals surface area contributed by atoms with Gasteiger partial charge in [0.1, 0.15) is 0 Å². The van der Waals surface area contributed by atoms with Gasteiger partial charge >= 0.3 is 5.97 Å². The molecule has 0 atom stereocenters.